The van der Waals surface area contributed by atoms with Gasteiger partial charge in [-0.15, -0.1) is 0 Å². The van der Waals surface area contributed by atoms with Crippen LogP contribution in [0.3, 0.4) is 0 Å². The van der Waals surface area contributed by atoms with Gasteiger partial charge in [0.25, 0.3) is 0 Å². The van der Waals surface area contributed by atoms with Gasteiger partial charge in [0.05, 0.1) is 0 Å². The van der Waals surface area contributed by atoms with Crippen molar-refractivity contribution in [3.05, 3.63) is 47.0 Å². The summed E-state index contributed by atoms with van der Waals surface area (Å²) in [5.74, 6) is 0. The normalized spacial score (nSPS) is 21.0. The fourth-order valence-electron chi connectivity index (χ4n) is 3.89. The molecule has 0 radical (unpaired) electrons. The average molecular weight is 281 g/mol. The van der Waals surface area contributed by atoms with E-state index in [1.807, 2.05) is 0 Å². The molecule has 0 aromatic heterocycles. The quantitative estimate of drug-likeness (QED) is 0.750. The number of nitrogens with one attached hydrogen (secondary N) is 1. The van der Waals surface area contributed by atoms with Crippen molar-refractivity contribution in [1.82, 2.24) is 5.32 Å². The molecule has 112 valence electrons. The first kappa shape index (κ1) is 14.6. The molecule has 3 rings (SSSR count). The second kappa shape index (κ2) is 5.46. The lowest BCUT2D eigenvalue weighted by Gasteiger charge is -2.27. The summed E-state index contributed by atoms with van der Waals surface area (Å²) in [6.45, 7) is 10.3. The lowest BCUT2D eigenvalue weighted by atomic mass is 9.83. The first-order chi connectivity index (χ1) is 10.0. The SMILES string of the molecule is CCNC1CC(C)(C)CCc2c1cc(C)c1ccccc21. The number of fused-ring (bicyclic) bond motifs is 3. The van der Waals surface area contributed by atoms with E-state index in [0.29, 0.717) is 11.5 Å². The molecular formula is C20H27N. The number of hydrogen-bond acceptors (Lipinski definition) is 1. The molecule has 1 aliphatic rings. The van der Waals surface area contributed by atoms with Crippen LogP contribution in [0.4, 0.5) is 0 Å². The van der Waals surface area contributed by atoms with Crippen molar-refractivity contribution >= 4 is 10.8 Å². The Hall–Kier alpha value is -1.34. The third-order valence-electron chi connectivity index (χ3n) is 5.03. The summed E-state index contributed by atoms with van der Waals surface area (Å²) >= 11 is 0. The van der Waals surface area contributed by atoms with E-state index in [0.717, 1.165) is 6.54 Å². The Morgan fingerprint density at radius 2 is 1.90 bits per heavy atom. The third kappa shape index (κ3) is 2.72. The Morgan fingerprint density at radius 1 is 1.19 bits per heavy atom. The van der Waals surface area contributed by atoms with Crippen molar-refractivity contribution in [2.75, 3.05) is 6.54 Å². The fourth-order valence-corrected chi connectivity index (χ4v) is 3.89. The van der Waals surface area contributed by atoms with Crippen LogP contribution in [0.2, 0.25) is 0 Å². The van der Waals surface area contributed by atoms with Gasteiger partial charge in [-0.1, -0.05) is 51.1 Å². The van der Waals surface area contributed by atoms with E-state index in [9.17, 15) is 0 Å². The molecule has 0 amide bonds. The monoisotopic (exact) mass is 281 g/mol. The summed E-state index contributed by atoms with van der Waals surface area (Å²) in [6.07, 6.45) is 3.70. The van der Waals surface area contributed by atoms with Gasteiger partial charge in [0.1, 0.15) is 0 Å². The van der Waals surface area contributed by atoms with Crippen molar-refractivity contribution in [1.29, 1.82) is 0 Å². The van der Waals surface area contributed by atoms with Crippen molar-refractivity contribution in [3.8, 4) is 0 Å². The molecule has 0 saturated carbocycles. The molecule has 2 aromatic carbocycles. The van der Waals surface area contributed by atoms with E-state index in [2.05, 4.69) is 63.3 Å². The summed E-state index contributed by atoms with van der Waals surface area (Å²) < 4.78 is 0. The number of aryl methyl sites for hydroxylation is 2. The highest BCUT2D eigenvalue weighted by Crippen LogP contribution is 2.42. The predicted molar refractivity (Wildman–Crippen MR) is 91.8 cm³/mol. The summed E-state index contributed by atoms with van der Waals surface area (Å²) in [5, 5.41) is 6.62. The molecule has 1 unspecified atom stereocenters. The fraction of sp³-hybridized carbons (Fsp3) is 0.500. The molecule has 1 aliphatic carbocycles. The summed E-state index contributed by atoms with van der Waals surface area (Å²) in [5.41, 5.74) is 4.93. The maximum Gasteiger partial charge on any atom is 0.0328 e. The van der Waals surface area contributed by atoms with E-state index in [-0.39, 0.29) is 0 Å². The average Bonchev–Trinajstić information content (AvgIpc) is 2.57. The number of rotatable bonds is 2. The molecule has 0 aliphatic heterocycles. The second-order valence-corrected chi connectivity index (χ2v) is 7.29. The molecule has 2 aromatic rings. The molecule has 1 N–H and O–H groups in total. The standard InChI is InChI=1S/C20H27N/c1-5-21-19-13-20(3,4)11-10-17-16-9-7-6-8-15(16)14(2)12-18(17)19/h6-9,12,19,21H,5,10-11,13H2,1-4H3. The zero-order chi connectivity index (χ0) is 15.0. The van der Waals surface area contributed by atoms with Crippen molar-refractivity contribution in [2.45, 2.75) is 53.0 Å². The van der Waals surface area contributed by atoms with Crippen molar-refractivity contribution in [2.24, 2.45) is 5.41 Å². The van der Waals surface area contributed by atoms with E-state index >= 15 is 0 Å². The van der Waals surface area contributed by atoms with E-state index in [1.54, 1.807) is 11.1 Å². The summed E-state index contributed by atoms with van der Waals surface area (Å²) in [6, 6.07) is 11.8. The molecule has 0 bridgehead atoms. The highest BCUT2D eigenvalue weighted by Gasteiger charge is 2.30. The van der Waals surface area contributed by atoms with Gasteiger partial charge in [-0.25, -0.2) is 0 Å². The molecule has 21 heavy (non-hydrogen) atoms. The van der Waals surface area contributed by atoms with Gasteiger partial charge in [0.15, 0.2) is 0 Å². The van der Waals surface area contributed by atoms with Crippen molar-refractivity contribution < 1.29 is 0 Å². The Balaban J connectivity index is 2.22. The molecule has 0 spiro atoms. The van der Waals surface area contributed by atoms with Crippen LogP contribution >= 0.6 is 0 Å². The van der Waals surface area contributed by atoms with Crippen LogP contribution < -0.4 is 5.32 Å². The van der Waals surface area contributed by atoms with Gasteiger partial charge < -0.3 is 5.32 Å². The first-order valence-corrected chi connectivity index (χ1v) is 8.26. The molecule has 1 atom stereocenters. The van der Waals surface area contributed by atoms with Crippen LogP contribution in [0.25, 0.3) is 10.8 Å². The lowest BCUT2D eigenvalue weighted by Crippen LogP contribution is -2.25. The Morgan fingerprint density at radius 3 is 2.62 bits per heavy atom. The molecule has 1 nitrogen and oxygen atoms in total. The van der Waals surface area contributed by atoms with Gasteiger partial charge in [-0.3, -0.25) is 0 Å². The minimum Gasteiger partial charge on any atom is -0.310 e. The molecular weight excluding hydrogens is 254 g/mol. The predicted octanol–water partition coefficient (Wildman–Crippen LogP) is 5.16. The van der Waals surface area contributed by atoms with Gasteiger partial charge >= 0.3 is 0 Å². The zero-order valence-electron chi connectivity index (χ0n) is 13.8. The molecule has 0 heterocycles. The Kier molecular flexibility index (Phi) is 3.79. The van der Waals surface area contributed by atoms with Crippen LogP contribution in [-0.2, 0) is 6.42 Å². The smallest absolute Gasteiger partial charge is 0.0328 e. The van der Waals surface area contributed by atoms with Crippen LogP contribution in [0.5, 0.6) is 0 Å². The summed E-state index contributed by atoms with van der Waals surface area (Å²) in [7, 11) is 0. The van der Waals surface area contributed by atoms with Gasteiger partial charge in [0, 0.05) is 6.04 Å². The maximum absolute atomic E-state index is 3.73. The topological polar surface area (TPSA) is 12.0 Å². The Bertz CT molecular complexity index is 654. The van der Waals surface area contributed by atoms with Crippen LogP contribution in [0, 0.1) is 12.3 Å². The molecule has 0 fully saturated rings. The minimum atomic E-state index is 0.404. The first-order valence-electron chi connectivity index (χ1n) is 8.26. The zero-order valence-corrected chi connectivity index (χ0v) is 13.8. The van der Waals surface area contributed by atoms with Gasteiger partial charge in [-0.05, 0) is 65.6 Å². The second-order valence-electron chi connectivity index (χ2n) is 7.29. The molecule has 0 saturated heterocycles. The van der Waals surface area contributed by atoms with E-state index in [1.165, 1.54) is 35.6 Å². The third-order valence-corrected chi connectivity index (χ3v) is 5.03. The Labute approximate surface area is 128 Å². The van der Waals surface area contributed by atoms with E-state index < -0.39 is 0 Å². The van der Waals surface area contributed by atoms with Crippen molar-refractivity contribution in [3.63, 3.8) is 0 Å². The van der Waals surface area contributed by atoms with Crippen LogP contribution in [-0.4, -0.2) is 6.54 Å². The highest BCUT2D eigenvalue weighted by atomic mass is 14.9. The maximum atomic E-state index is 3.73. The van der Waals surface area contributed by atoms with E-state index in [4.69, 9.17) is 0 Å². The minimum absolute atomic E-state index is 0.404. The lowest BCUT2D eigenvalue weighted by molar-refractivity contribution is 0.275. The van der Waals surface area contributed by atoms with Gasteiger partial charge in [0.2, 0.25) is 0 Å². The summed E-state index contributed by atoms with van der Waals surface area (Å²) in [4.78, 5) is 0. The van der Waals surface area contributed by atoms with Gasteiger partial charge in [-0.2, -0.15) is 0 Å². The number of hydrogen-bond donors (Lipinski definition) is 1. The highest BCUT2D eigenvalue weighted by molar-refractivity contribution is 5.89. The number of benzene rings is 2. The van der Waals surface area contributed by atoms with Crippen LogP contribution in [0.1, 0.15) is 56.3 Å². The molecule has 1 heteroatoms. The van der Waals surface area contributed by atoms with Crippen LogP contribution in [0.15, 0.2) is 30.3 Å². The largest absolute Gasteiger partial charge is 0.310 e.